The Bertz CT molecular complexity index is 240. The molecule has 1 rings (SSSR count). The Labute approximate surface area is 118 Å². The fraction of sp³-hybridized carbons (Fsp3) is 0.765. The Morgan fingerprint density at radius 2 is 1.89 bits per heavy atom. The fourth-order valence-electron chi connectivity index (χ4n) is 2.18. The maximum Gasteiger partial charge on any atom is 0.157 e. The van der Waals surface area contributed by atoms with Gasteiger partial charge in [-0.1, -0.05) is 56.9 Å². The van der Waals surface area contributed by atoms with E-state index >= 15 is 0 Å². The van der Waals surface area contributed by atoms with E-state index in [-0.39, 0.29) is 6.29 Å². The third-order valence-corrected chi connectivity index (χ3v) is 3.37. The van der Waals surface area contributed by atoms with Crippen molar-refractivity contribution in [1.82, 2.24) is 0 Å². The standard InChI is InChI=1S/C17H30O2/c1-2-3-4-5-6-7-8-9-10-12-15-18-17-14-11-13-16-19-17/h8-10,12,17H,2-7,11,13-16H2,1H3/b9-8+,12-10+. The van der Waals surface area contributed by atoms with Crippen LogP contribution < -0.4 is 0 Å². The summed E-state index contributed by atoms with van der Waals surface area (Å²) in [5.74, 6) is 0. The molecule has 2 heteroatoms. The van der Waals surface area contributed by atoms with Gasteiger partial charge in [0.1, 0.15) is 0 Å². The molecule has 0 radical (unpaired) electrons. The second kappa shape index (κ2) is 12.4. The van der Waals surface area contributed by atoms with Gasteiger partial charge in [-0.15, -0.1) is 0 Å². The molecule has 1 heterocycles. The molecule has 0 spiro atoms. The molecule has 0 aromatic rings. The van der Waals surface area contributed by atoms with Crippen LogP contribution in [0.2, 0.25) is 0 Å². The van der Waals surface area contributed by atoms with Crippen LogP contribution in [0.1, 0.15) is 64.7 Å². The summed E-state index contributed by atoms with van der Waals surface area (Å²) < 4.78 is 11.1. The Morgan fingerprint density at radius 3 is 2.68 bits per heavy atom. The third kappa shape index (κ3) is 9.92. The lowest BCUT2D eigenvalue weighted by molar-refractivity contribution is -0.155. The van der Waals surface area contributed by atoms with E-state index in [1.165, 1.54) is 51.4 Å². The highest BCUT2D eigenvalue weighted by atomic mass is 16.7. The summed E-state index contributed by atoms with van der Waals surface area (Å²) >= 11 is 0. The zero-order valence-corrected chi connectivity index (χ0v) is 12.5. The molecular formula is C17H30O2. The molecule has 110 valence electrons. The lowest BCUT2D eigenvalue weighted by Gasteiger charge is -2.21. The van der Waals surface area contributed by atoms with Crippen LogP contribution in [0.5, 0.6) is 0 Å². The summed E-state index contributed by atoms with van der Waals surface area (Å²) in [7, 11) is 0. The quantitative estimate of drug-likeness (QED) is 0.409. The Balaban J connectivity index is 1.88. The Hall–Kier alpha value is -0.600. The summed E-state index contributed by atoms with van der Waals surface area (Å²) in [6, 6.07) is 0. The molecule has 2 nitrogen and oxygen atoms in total. The predicted octanol–water partition coefficient (Wildman–Crippen LogP) is 5.00. The van der Waals surface area contributed by atoms with Crippen molar-refractivity contribution in [2.24, 2.45) is 0 Å². The predicted molar refractivity (Wildman–Crippen MR) is 81.2 cm³/mol. The van der Waals surface area contributed by atoms with Crippen LogP contribution >= 0.6 is 0 Å². The van der Waals surface area contributed by atoms with E-state index in [0.717, 1.165) is 13.0 Å². The van der Waals surface area contributed by atoms with Gasteiger partial charge in [0.05, 0.1) is 6.61 Å². The lowest BCUT2D eigenvalue weighted by Crippen LogP contribution is -2.22. The third-order valence-electron chi connectivity index (χ3n) is 3.37. The average molecular weight is 266 g/mol. The van der Waals surface area contributed by atoms with Crippen molar-refractivity contribution in [1.29, 1.82) is 0 Å². The topological polar surface area (TPSA) is 18.5 Å². The van der Waals surface area contributed by atoms with Crippen molar-refractivity contribution in [3.8, 4) is 0 Å². The average Bonchev–Trinajstić information content (AvgIpc) is 2.46. The Morgan fingerprint density at radius 1 is 1.05 bits per heavy atom. The van der Waals surface area contributed by atoms with E-state index in [4.69, 9.17) is 9.47 Å². The minimum atomic E-state index is 0.0287. The van der Waals surface area contributed by atoms with Gasteiger partial charge in [0.25, 0.3) is 0 Å². The smallest absolute Gasteiger partial charge is 0.157 e. The number of hydrogen-bond acceptors (Lipinski definition) is 2. The summed E-state index contributed by atoms with van der Waals surface area (Å²) in [5.41, 5.74) is 0. The first-order valence-electron chi connectivity index (χ1n) is 7.98. The number of allylic oxidation sites excluding steroid dienone is 3. The van der Waals surface area contributed by atoms with Crippen LogP contribution in [0, 0.1) is 0 Å². The molecule has 0 aromatic carbocycles. The largest absolute Gasteiger partial charge is 0.353 e. The van der Waals surface area contributed by atoms with Gasteiger partial charge in [-0.25, -0.2) is 0 Å². The summed E-state index contributed by atoms with van der Waals surface area (Å²) in [6.07, 6.45) is 20.0. The molecule has 0 saturated carbocycles. The fourth-order valence-corrected chi connectivity index (χ4v) is 2.18. The van der Waals surface area contributed by atoms with Crippen LogP contribution in [-0.2, 0) is 9.47 Å². The zero-order chi connectivity index (χ0) is 13.6. The van der Waals surface area contributed by atoms with Gasteiger partial charge < -0.3 is 9.47 Å². The molecule has 0 aliphatic carbocycles. The molecular weight excluding hydrogens is 236 g/mol. The number of unbranched alkanes of at least 4 members (excludes halogenated alkanes) is 5. The zero-order valence-electron chi connectivity index (χ0n) is 12.5. The molecule has 1 atom stereocenters. The second-order valence-electron chi connectivity index (χ2n) is 5.19. The van der Waals surface area contributed by atoms with Crippen LogP contribution in [-0.4, -0.2) is 19.5 Å². The molecule has 0 amide bonds. The van der Waals surface area contributed by atoms with Crippen LogP contribution in [0.15, 0.2) is 24.3 Å². The highest BCUT2D eigenvalue weighted by Gasteiger charge is 2.12. The van der Waals surface area contributed by atoms with E-state index in [2.05, 4.69) is 31.2 Å². The molecule has 1 fully saturated rings. The maximum atomic E-state index is 5.61. The van der Waals surface area contributed by atoms with E-state index in [0.29, 0.717) is 6.61 Å². The Kier molecular flexibility index (Phi) is 10.8. The first-order chi connectivity index (χ1) is 9.43. The van der Waals surface area contributed by atoms with Gasteiger partial charge in [-0.05, 0) is 32.1 Å². The summed E-state index contributed by atoms with van der Waals surface area (Å²) in [4.78, 5) is 0. The number of hydrogen-bond donors (Lipinski definition) is 0. The van der Waals surface area contributed by atoms with E-state index in [9.17, 15) is 0 Å². The van der Waals surface area contributed by atoms with E-state index in [1.807, 2.05) is 0 Å². The number of rotatable bonds is 10. The van der Waals surface area contributed by atoms with Crippen LogP contribution in [0.4, 0.5) is 0 Å². The maximum absolute atomic E-state index is 5.61. The van der Waals surface area contributed by atoms with E-state index < -0.39 is 0 Å². The van der Waals surface area contributed by atoms with Gasteiger partial charge >= 0.3 is 0 Å². The van der Waals surface area contributed by atoms with Crippen molar-refractivity contribution in [2.75, 3.05) is 13.2 Å². The molecule has 1 aliphatic rings. The highest BCUT2D eigenvalue weighted by Crippen LogP contribution is 2.13. The second-order valence-corrected chi connectivity index (χ2v) is 5.19. The summed E-state index contributed by atoms with van der Waals surface area (Å²) in [5, 5.41) is 0. The molecule has 0 bridgehead atoms. The van der Waals surface area contributed by atoms with Gasteiger partial charge in [-0.2, -0.15) is 0 Å². The van der Waals surface area contributed by atoms with Crippen molar-refractivity contribution in [3.05, 3.63) is 24.3 Å². The minimum absolute atomic E-state index is 0.0287. The highest BCUT2D eigenvalue weighted by molar-refractivity contribution is 5.02. The normalized spacial score (nSPS) is 20.6. The van der Waals surface area contributed by atoms with Crippen molar-refractivity contribution >= 4 is 0 Å². The molecule has 19 heavy (non-hydrogen) atoms. The molecule has 1 aliphatic heterocycles. The van der Waals surface area contributed by atoms with Gasteiger partial charge in [0, 0.05) is 6.61 Å². The first-order valence-corrected chi connectivity index (χ1v) is 7.98. The summed E-state index contributed by atoms with van der Waals surface area (Å²) in [6.45, 7) is 3.77. The monoisotopic (exact) mass is 266 g/mol. The SMILES string of the molecule is CCCCCCC/C=C/C=C/COC1CCCCO1. The molecule has 0 N–H and O–H groups in total. The van der Waals surface area contributed by atoms with E-state index in [1.54, 1.807) is 0 Å². The molecule has 0 aromatic heterocycles. The lowest BCUT2D eigenvalue weighted by atomic mass is 10.1. The van der Waals surface area contributed by atoms with Gasteiger partial charge in [0.15, 0.2) is 6.29 Å². The molecule has 1 unspecified atom stereocenters. The minimum Gasteiger partial charge on any atom is -0.353 e. The van der Waals surface area contributed by atoms with Crippen molar-refractivity contribution in [2.45, 2.75) is 71.0 Å². The number of ether oxygens (including phenoxy) is 2. The first kappa shape index (κ1) is 16.5. The van der Waals surface area contributed by atoms with Crippen LogP contribution in [0.25, 0.3) is 0 Å². The van der Waals surface area contributed by atoms with Crippen LogP contribution in [0.3, 0.4) is 0 Å². The van der Waals surface area contributed by atoms with Gasteiger partial charge in [-0.3, -0.25) is 0 Å². The van der Waals surface area contributed by atoms with Crippen molar-refractivity contribution < 1.29 is 9.47 Å². The van der Waals surface area contributed by atoms with Crippen molar-refractivity contribution in [3.63, 3.8) is 0 Å². The van der Waals surface area contributed by atoms with Gasteiger partial charge in [0.2, 0.25) is 0 Å². The molecule has 1 saturated heterocycles.